The van der Waals surface area contributed by atoms with Gasteiger partial charge in [-0.15, -0.1) is 0 Å². The SMILES string of the molecule is CC(=O)NC(Cc1ccc(-c2cccc(OC(C)C)c2)cc1)C(=O)O. The van der Waals surface area contributed by atoms with Gasteiger partial charge in [0.2, 0.25) is 5.91 Å². The zero-order valence-electron chi connectivity index (χ0n) is 14.7. The Balaban J connectivity index is 2.14. The predicted octanol–water partition coefficient (Wildman–Crippen LogP) is 3.27. The van der Waals surface area contributed by atoms with Gasteiger partial charge in [0.15, 0.2) is 0 Å². The predicted molar refractivity (Wildman–Crippen MR) is 96.6 cm³/mol. The number of carbonyl (C=O) groups is 2. The maximum absolute atomic E-state index is 11.2. The molecule has 0 aliphatic heterocycles. The van der Waals surface area contributed by atoms with E-state index in [2.05, 4.69) is 5.32 Å². The number of amides is 1. The number of benzene rings is 2. The van der Waals surface area contributed by atoms with Crippen molar-refractivity contribution in [2.45, 2.75) is 39.3 Å². The summed E-state index contributed by atoms with van der Waals surface area (Å²) in [7, 11) is 0. The van der Waals surface area contributed by atoms with Gasteiger partial charge in [-0.25, -0.2) is 4.79 Å². The highest BCUT2D eigenvalue weighted by atomic mass is 16.5. The van der Waals surface area contributed by atoms with Crippen molar-refractivity contribution >= 4 is 11.9 Å². The molecule has 25 heavy (non-hydrogen) atoms. The van der Waals surface area contributed by atoms with Crippen molar-refractivity contribution in [3.63, 3.8) is 0 Å². The van der Waals surface area contributed by atoms with Crippen LogP contribution in [-0.2, 0) is 16.0 Å². The molecule has 132 valence electrons. The van der Waals surface area contributed by atoms with Crippen LogP contribution in [-0.4, -0.2) is 29.1 Å². The van der Waals surface area contributed by atoms with Crippen molar-refractivity contribution in [2.75, 3.05) is 0 Å². The molecule has 5 nitrogen and oxygen atoms in total. The maximum atomic E-state index is 11.2. The molecule has 0 saturated heterocycles. The van der Waals surface area contributed by atoms with Crippen LogP contribution in [0.5, 0.6) is 5.75 Å². The molecule has 0 aliphatic carbocycles. The van der Waals surface area contributed by atoms with Gasteiger partial charge < -0.3 is 15.2 Å². The molecule has 1 atom stereocenters. The number of nitrogens with one attached hydrogen (secondary N) is 1. The molecule has 0 bridgehead atoms. The van der Waals surface area contributed by atoms with Crippen molar-refractivity contribution in [3.8, 4) is 16.9 Å². The van der Waals surface area contributed by atoms with E-state index in [0.717, 1.165) is 22.4 Å². The molecule has 0 radical (unpaired) electrons. The Labute approximate surface area is 147 Å². The summed E-state index contributed by atoms with van der Waals surface area (Å²) in [6.07, 6.45) is 0.352. The van der Waals surface area contributed by atoms with Crippen LogP contribution >= 0.6 is 0 Å². The number of carbonyl (C=O) groups excluding carboxylic acids is 1. The second kappa shape index (κ2) is 8.33. The molecule has 0 fully saturated rings. The van der Waals surface area contributed by atoms with Crippen LogP contribution in [0, 0.1) is 0 Å². The summed E-state index contributed by atoms with van der Waals surface area (Å²) < 4.78 is 5.71. The quantitative estimate of drug-likeness (QED) is 0.810. The molecule has 0 aromatic heterocycles. The Hall–Kier alpha value is -2.82. The third-order valence-electron chi connectivity index (χ3n) is 3.61. The van der Waals surface area contributed by atoms with Crippen LogP contribution < -0.4 is 10.1 Å². The topological polar surface area (TPSA) is 75.6 Å². The van der Waals surface area contributed by atoms with Crippen LogP contribution in [0.15, 0.2) is 48.5 Å². The van der Waals surface area contributed by atoms with Gasteiger partial charge >= 0.3 is 5.97 Å². The first-order valence-electron chi connectivity index (χ1n) is 8.21. The lowest BCUT2D eigenvalue weighted by atomic mass is 10.0. The van der Waals surface area contributed by atoms with Crippen molar-refractivity contribution in [2.24, 2.45) is 0 Å². The summed E-state index contributed by atoms with van der Waals surface area (Å²) in [5.41, 5.74) is 2.89. The van der Waals surface area contributed by atoms with Gasteiger partial charge in [0.1, 0.15) is 11.8 Å². The lowest BCUT2D eigenvalue weighted by Crippen LogP contribution is -2.41. The number of ether oxygens (including phenoxy) is 1. The fourth-order valence-electron chi connectivity index (χ4n) is 2.54. The molecule has 0 saturated carbocycles. The average molecular weight is 341 g/mol. The molecular weight excluding hydrogens is 318 g/mol. The lowest BCUT2D eigenvalue weighted by molar-refractivity contribution is -0.141. The van der Waals surface area contributed by atoms with E-state index in [1.165, 1.54) is 6.92 Å². The molecule has 0 aliphatic rings. The third kappa shape index (κ3) is 5.64. The first-order valence-corrected chi connectivity index (χ1v) is 8.21. The van der Waals surface area contributed by atoms with Crippen molar-refractivity contribution < 1.29 is 19.4 Å². The molecular formula is C20H23NO4. The molecule has 1 amide bonds. The number of hydrogen-bond acceptors (Lipinski definition) is 3. The van der Waals surface area contributed by atoms with Crippen molar-refractivity contribution in [1.82, 2.24) is 5.32 Å². The van der Waals surface area contributed by atoms with Gasteiger partial charge in [-0.05, 0) is 42.7 Å². The molecule has 2 rings (SSSR count). The Kier molecular flexibility index (Phi) is 6.17. The highest BCUT2D eigenvalue weighted by molar-refractivity contribution is 5.82. The number of hydrogen-bond donors (Lipinski definition) is 2. The normalized spacial score (nSPS) is 11.8. The number of aliphatic carboxylic acids is 1. The summed E-state index contributed by atoms with van der Waals surface area (Å²) in [6.45, 7) is 5.27. The van der Waals surface area contributed by atoms with E-state index in [0.29, 0.717) is 0 Å². The summed E-state index contributed by atoms with van der Waals surface area (Å²) >= 11 is 0. The average Bonchev–Trinajstić information content (AvgIpc) is 2.54. The zero-order chi connectivity index (χ0) is 18.4. The Morgan fingerprint density at radius 1 is 1.08 bits per heavy atom. The van der Waals surface area contributed by atoms with E-state index < -0.39 is 12.0 Å². The fraction of sp³-hybridized carbons (Fsp3) is 0.300. The number of carboxylic acid groups (broad SMARTS) is 1. The van der Waals surface area contributed by atoms with Gasteiger partial charge in [0, 0.05) is 13.3 Å². The maximum Gasteiger partial charge on any atom is 0.326 e. The summed E-state index contributed by atoms with van der Waals surface area (Å²) in [6, 6.07) is 14.6. The minimum atomic E-state index is -1.04. The monoisotopic (exact) mass is 341 g/mol. The summed E-state index contributed by atoms with van der Waals surface area (Å²) in [5, 5.41) is 11.6. The van der Waals surface area contributed by atoms with Gasteiger partial charge in [-0.3, -0.25) is 4.79 Å². The Morgan fingerprint density at radius 2 is 1.76 bits per heavy atom. The van der Waals surface area contributed by atoms with Crippen LogP contribution in [0.25, 0.3) is 11.1 Å². The van der Waals surface area contributed by atoms with Crippen LogP contribution in [0.2, 0.25) is 0 Å². The fourth-order valence-corrected chi connectivity index (χ4v) is 2.54. The minimum Gasteiger partial charge on any atom is -0.491 e. The molecule has 2 N–H and O–H groups in total. The minimum absolute atomic E-state index is 0.111. The number of carboxylic acids is 1. The first-order chi connectivity index (χ1) is 11.8. The molecule has 2 aromatic rings. The van der Waals surface area contributed by atoms with E-state index in [9.17, 15) is 14.7 Å². The van der Waals surface area contributed by atoms with E-state index in [1.807, 2.05) is 62.4 Å². The smallest absolute Gasteiger partial charge is 0.326 e. The van der Waals surface area contributed by atoms with E-state index in [-0.39, 0.29) is 18.4 Å². The van der Waals surface area contributed by atoms with Gasteiger partial charge in [0.25, 0.3) is 0 Å². The van der Waals surface area contributed by atoms with Crippen molar-refractivity contribution in [3.05, 3.63) is 54.1 Å². The van der Waals surface area contributed by atoms with E-state index in [4.69, 9.17) is 4.74 Å². The molecule has 2 aromatic carbocycles. The second-order valence-corrected chi connectivity index (χ2v) is 6.19. The molecule has 0 heterocycles. The van der Waals surface area contributed by atoms with Gasteiger partial charge in [-0.2, -0.15) is 0 Å². The van der Waals surface area contributed by atoms with E-state index in [1.54, 1.807) is 0 Å². The van der Waals surface area contributed by atoms with Crippen LogP contribution in [0.1, 0.15) is 26.3 Å². The van der Waals surface area contributed by atoms with Crippen molar-refractivity contribution in [1.29, 1.82) is 0 Å². The Morgan fingerprint density at radius 3 is 2.32 bits per heavy atom. The molecule has 0 spiro atoms. The standard InChI is InChI=1S/C20H23NO4/c1-13(2)25-18-6-4-5-17(12-18)16-9-7-15(8-10-16)11-19(20(23)24)21-14(3)22/h4-10,12-13,19H,11H2,1-3H3,(H,21,22)(H,23,24). The highest BCUT2D eigenvalue weighted by Crippen LogP contribution is 2.25. The first kappa shape index (κ1) is 18.5. The zero-order valence-corrected chi connectivity index (χ0v) is 14.7. The van der Waals surface area contributed by atoms with Crippen LogP contribution in [0.3, 0.4) is 0 Å². The van der Waals surface area contributed by atoms with Crippen LogP contribution in [0.4, 0.5) is 0 Å². The molecule has 1 unspecified atom stereocenters. The van der Waals surface area contributed by atoms with E-state index >= 15 is 0 Å². The highest BCUT2D eigenvalue weighted by Gasteiger charge is 2.18. The lowest BCUT2D eigenvalue weighted by Gasteiger charge is -2.14. The third-order valence-corrected chi connectivity index (χ3v) is 3.61. The molecule has 5 heteroatoms. The summed E-state index contributed by atoms with van der Waals surface area (Å²) in [4.78, 5) is 22.3. The van der Waals surface area contributed by atoms with Gasteiger partial charge in [-0.1, -0.05) is 36.4 Å². The van der Waals surface area contributed by atoms with Gasteiger partial charge in [0.05, 0.1) is 6.10 Å². The second-order valence-electron chi connectivity index (χ2n) is 6.19. The Bertz CT molecular complexity index is 738. The summed E-state index contributed by atoms with van der Waals surface area (Å²) in [5.74, 6) is -0.586. The number of rotatable bonds is 7. The largest absolute Gasteiger partial charge is 0.491 e.